The predicted octanol–water partition coefficient (Wildman–Crippen LogP) is 2.93. The second-order valence-corrected chi connectivity index (χ2v) is 5.37. The van der Waals surface area contributed by atoms with Gasteiger partial charge in [0.05, 0.1) is 11.7 Å². The highest BCUT2D eigenvalue weighted by Crippen LogP contribution is 2.29. The number of halogens is 3. The van der Waals surface area contributed by atoms with E-state index in [-0.39, 0.29) is 19.3 Å². The van der Waals surface area contributed by atoms with E-state index < -0.39 is 30.2 Å². The van der Waals surface area contributed by atoms with Crippen molar-refractivity contribution in [3.05, 3.63) is 35.4 Å². The number of carboxylic acids is 1. The molecule has 5 nitrogen and oxygen atoms in total. The second kappa shape index (κ2) is 8.68. The van der Waals surface area contributed by atoms with Crippen LogP contribution in [-0.4, -0.2) is 41.1 Å². The highest BCUT2D eigenvalue weighted by atomic mass is 19.4. The van der Waals surface area contributed by atoms with E-state index in [0.29, 0.717) is 12.0 Å². The topological polar surface area (TPSA) is 66.8 Å². The van der Waals surface area contributed by atoms with Crippen LogP contribution in [0.1, 0.15) is 31.4 Å². The molecule has 0 spiro atoms. The lowest BCUT2D eigenvalue weighted by Gasteiger charge is -2.22. The maximum Gasteiger partial charge on any atom is 0.416 e. The Morgan fingerprint density at radius 3 is 2.29 bits per heavy atom. The van der Waals surface area contributed by atoms with Crippen LogP contribution in [0.2, 0.25) is 0 Å². The zero-order valence-corrected chi connectivity index (χ0v) is 13.5. The summed E-state index contributed by atoms with van der Waals surface area (Å²) in [6.45, 7) is 2.73. The van der Waals surface area contributed by atoms with Crippen LogP contribution in [0, 0.1) is 0 Å². The second-order valence-electron chi connectivity index (χ2n) is 5.37. The quantitative estimate of drug-likeness (QED) is 0.785. The van der Waals surface area contributed by atoms with Gasteiger partial charge in [0, 0.05) is 6.54 Å². The minimum Gasteiger partial charge on any atom is -0.480 e. The first-order chi connectivity index (χ1) is 11.1. The number of carboxylic acid groups (broad SMARTS) is 1. The van der Waals surface area contributed by atoms with Crippen LogP contribution in [0.3, 0.4) is 0 Å². The number of hydrogen-bond acceptors (Lipinski definition) is 3. The molecule has 0 aliphatic heterocycles. The number of carbonyl (C=O) groups is 2. The fourth-order valence-corrected chi connectivity index (χ4v) is 1.84. The van der Waals surface area contributed by atoms with Gasteiger partial charge in [0.15, 0.2) is 0 Å². The fraction of sp³-hybridized carbons (Fsp3) is 0.500. The molecule has 1 atom stereocenters. The number of benzene rings is 1. The minimum absolute atomic E-state index is 0.104. The van der Waals surface area contributed by atoms with E-state index >= 15 is 0 Å². The highest BCUT2D eigenvalue weighted by molar-refractivity contribution is 5.82. The molecule has 8 heteroatoms. The fourth-order valence-electron chi connectivity index (χ4n) is 1.84. The van der Waals surface area contributed by atoms with E-state index in [4.69, 9.17) is 9.84 Å². The molecule has 1 unspecified atom stereocenters. The summed E-state index contributed by atoms with van der Waals surface area (Å²) in [7, 11) is 0. The number of nitrogens with zero attached hydrogens (tertiary/aromatic N) is 1. The Morgan fingerprint density at radius 1 is 1.25 bits per heavy atom. The maximum absolute atomic E-state index is 12.5. The van der Waals surface area contributed by atoms with Gasteiger partial charge in [-0.25, -0.2) is 0 Å². The Labute approximate surface area is 138 Å². The van der Waals surface area contributed by atoms with Gasteiger partial charge in [0.2, 0.25) is 5.91 Å². The van der Waals surface area contributed by atoms with Crippen molar-refractivity contribution in [2.45, 2.75) is 39.1 Å². The summed E-state index contributed by atoms with van der Waals surface area (Å²) >= 11 is 0. The summed E-state index contributed by atoms with van der Waals surface area (Å²) in [4.78, 5) is 24.0. The van der Waals surface area contributed by atoms with Gasteiger partial charge in [0.1, 0.15) is 13.2 Å². The first-order valence-corrected chi connectivity index (χ1v) is 7.40. The smallest absolute Gasteiger partial charge is 0.416 e. The molecule has 0 bridgehead atoms. The predicted molar refractivity (Wildman–Crippen MR) is 80.2 cm³/mol. The molecule has 1 aromatic carbocycles. The van der Waals surface area contributed by atoms with Crippen LogP contribution in [0.25, 0.3) is 0 Å². The number of carbonyl (C=O) groups excluding carboxylic acids is 1. The molecule has 0 aliphatic carbocycles. The third-order valence-electron chi connectivity index (χ3n) is 3.40. The Kier molecular flexibility index (Phi) is 7.21. The Morgan fingerprint density at radius 2 is 1.83 bits per heavy atom. The van der Waals surface area contributed by atoms with Gasteiger partial charge in [-0.05, 0) is 31.0 Å². The SMILES string of the molecule is CCC(C)OCC(=O)N(CC(=O)O)Cc1ccc(C(F)(F)F)cc1. The molecule has 1 amide bonds. The molecule has 0 fully saturated rings. The van der Waals surface area contributed by atoms with Gasteiger partial charge in [-0.1, -0.05) is 19.1 Å². The zero-order chi connectivity index (χ0) is 18.3. The molecule has 0 radical (unpaired) electrons. The van der Waals surface area contributed by atoms with Gasteiger partial charge < -0.3 is 14.7 Å². The Hall–Kier alpha value is -2.09. The normalized spacial score (nSPS) is 12.7. The standard InChI is InChI=1S/C16H20F3NO4/c1-3-11(2)24-10-14(21)20(9-15(22)23)8-12-4-6-13(7-5-12)16(17,18)19/h4-7,11H,3,8-10H2,1-2H3,(H,22,23). The molecule has 0 aromatic heterocycles. The van der Waals surface area contributed by atoms with Crippen molar-refractivity contribution in [3.63, 3.8) is 0 Å². The van der Waals surface area contributed by atoms with Crippen LogP contribution in [0.5, 0.6) is 0 Å². The number of alkyl halides is 3. The number of ether oxygens (including phenoxy) is 1. The molecule has 0 saturated heterocycles. The summed E-state index contributed by atoms with van der Waals surface area (Å²) in [5.74, 6) is -1.74. The summed E-state index contributed by atoms with van der Waals surface area (Å²) in [5.41, 5.74) is -0.399. The maximum atomic E-state index is 12.5. The molecule has 24 heavy (non-hydrogen) atoms. The van der Waals surface area contributed by atoms with E-state index in [1.807, 2.05) is 6.92 Å². The number of amides is 1. The lowest BCUT2D eigenvalue weighted by molar-refractivity contribution is -0.147. The van der Waals surface area contributed by atoms with E-state index in [1.54, 1.807) is 6.92 Å². The minimum atomic E-state index is -4.45. The highest BCUT2D eigenvalue weighted by Gasteiger charge is 2.30. The van der Waals surface area contributed by atoms with Crippen LogP contribution in [0.4, 0.5) is 13.2 Å². The van der Waals surface area contributed by atoms with Crippen LogP contribution < -0.4 is 0 Å². The number of hydrogen-bond donors (Lipinski definition) is 1. The van der Waals surface area contributed by atoms with Crippen molar-refractivity contribution in [1.82, 2.24) is 4.90 Å². The van der Waals surface area contributed by atoms with Crippen molar-refractivity contribution in [1.29, 1.82) is 0 Å². The molecule has 0 aliphatic rings. The monoisotopic (exact) mass is 347 g/mol. The van der Waals surface area contributed by atoms with Crippen LogP contribution in [-0.2, 0) is 27.0 Å². The largest absolute Gasteiger partial charge is 0.480 e. The lowest BCUT2D eigenvalue weighted by Crippen LogP contribution is -2.38. The first-order valence-electron chi connectivity index (χ1n) is 7.40. The molecular weight excluding hydrogens is 327 g/mol. The molecule has 1 N–H and O–H groups in total. The average molecular weight is 347 g/mol. The lowest BCUT2D eigenvalue weighted by atomic mass is 10.1. The summed E-state index contributed by atoms with van der Waals surface area (Å²) in [6, 6.07) is 4.24. The van der Waals surface area contributed by atoms with E-state index in [9.17, 15) is 22.8 Å². The van der Waals surface area contributed by atoms with Crippen LogP contribution in [0.15, 0.2) is 24.3 Å². The van der Waals surface area contributed by atoms with Crippen molar-refractivity contribution in [3.8, 4) is 0 Å². The molecule has 1 aromatic rings. The van der Waals surface area contributed by atoms with E-state index in [1.165, 1.54) is 12.1 Å². The Balaban J connectivity index is 2.78. The number of aliphatic carboxylic acids is 1. The first kappa shape index (κ1) is 20.0. The van der Waals surface area contributed by atoms with Crippen molar-refractivity contribution < 1.29 is 32.6 Å². The molecular formula is C16H20F3NO4. The summed E-state index contributed by atoms with van der Waals surface area (Å²) in [6.07, 6.45) is -3.89. The van der Waals surface area contributed by atoms with Gasteiger partial charge in [0.25, 0.3) is 0 Å². The van der Waals surface area contributed by atoms with Crippen molar-refractivity contribution in [2.75, 3.05) is 13.2 Å². The zero-order valence-electron chi connectivity index (χ0n) is 13.5. The average Bonchev–Trinajstić information content (AvgIpc) is 2.50. The van der Waals surface area contributed by atoms with Gasteiger partial charge in [-0.2, -0.15) is 13.2 Å². The van der Waals surface area contributed by atoms with Crippen LogP contribution >= 0.6 is 0 Å². The van der Waals surface area contributed by atoms with Gasteiger partial charge in [-0.3, -0.25) is 9.59 Å². The number of rotatable bonds is 8. The van der Waals surface area contributed by atoms with E-state index in [2.05, 4.69) is 0 Å². The summed E-state index contributed by atoms with van der Waals surface area (Å²) < 4.78 is 42.9. The van der Waals surface area contributed by atoms with Crippen molar-refractivity contribution in [2.24, 2.45) is 0 Å². The molecule has 0 saturated carbocycles. The molecule has 1 rings (SSSR count). The molecule has 0 heterocycles. The van der Waals surface area contributed by atoms with Gasteiger partial charge in [-0.15, -0.1) is 0 Å². The molecule has 134 valence electrons. The van der Waals surface area contributed by atoms with E-state index in [0.717, 1.165) is 17.0 Å². The van der Waals surface area contributed by atoms with Gasteiger partial charge >= 0.3 is 12.1 Å². The van der Waals surface area contributed by atoms with Crippen molar-refractivity contribution >= 4 is 11.9 Å². The third kappa shape index (κ3) is 6.57. The third-order valence-corrected chi connectivity index (χ3v) is 3.40. The summed E-state index contributed by atoms with van der Waals surface area (Å²) in [5, 5.41) is 8.90. The Bertz CT molecular complexity index is 557.